The second kappa shape index (κ2) is 6.83. The molecule has 1 saturated heterocycles. The lowest BCUT2D eigenvalue weighted by Gasteiger charge is -2.25. The van der Waals surface area contributed by atoms with Gasteiger partial charge in [-0.2, -0.15) is 5.10 Å². The van der Waals surface area contributed by atoms with Crippen LogP contribution >= 0.6 is 11.6 Å². The van der Waals surface area contributed by atoms with Crippen LogP contribution in [-0.4, -0.2) is 34.5 Å². The Labute approximate surface area is 145 Å². The van der Waals surface area contributed by atoms with E-state index in [1.807, 2.05) is 10.9 Å². The fourth-order valence-corrected chi connectivity index (χ4v) is 2.58. The summed E-state index contributed by atoms with van der Waals surface area (Å²) in [6.45, 7) is 4.83. The van der Waals surface area contributed by atoms with Crippen LogP contribution in [-0.2, 0) is 9.53 Å². The van der Waals surface area contributed by atoms with Crippen molar-refractivity contribution in [3.8, 4) is 5.75 Å². The highest BCUT2D eigenvalue weighted by atomic mass is 35.5. The summed E-state index contributed by atoms with van der Waals surface area (Å²) in [7, 11) is 0. The second-order valence-corrected chi connectivity index (χ2v) is 6.68. The van der Waals surface area contributed by atoms with Crippen molar-refractivity contribution >= 4 is 23.2 Å². The zero-order valence-corrected chi connectivity index (χ0v) is 14.4. The smallest absolute Gasteiger partial charge is 0.268 e. The third-order valence-corrected chi connectivity index (χ3v) is 4.12. The molecule has 128 valence electrons. The van der Waals surface area contributed by atoms with E-state index in [9.17, 15) is 4.79 Å². The summed E-state index contributed by atoms with van der Waals surface area (Å²) in [6, 6.07) is 7.14. The van der Waals surface area contributed by atoms with E-state index >= 15 is 0 Å². The predicted molar refractivity (Wildman–Crippen MR) is 91.5 cm³/mol. The van der Waals surface area contributed by atoms with Crippen molar-refractivity contribution in [2.75, 3.05) is 18.5 Å². The number of nitrogens with zero attached hydrogens (tertiary/aromatic N) is 2. The van der Waals surface area contributed by atoms with Crippen molar-refractivity contribution in [1.82, 2.24) is 9.78 Å². The number of carbonyl (C=O) groups is 1. The fraction of sp³-hybridized carbons (Fsp3) is 0.412. The average molecular weight is 350 g/mol. The van der Waals surface area contributed by atoms with Gasteiger partial charge in [-0.25, -0.2) is 0 Å². The van der Waals surface area contributed by atoms with Crippen molar-refractivity contribution in [2.24, 2.45) is 0 Å². The summed E-state index contributed by atoms with van der Waals surface area (Å²) in [5.74, 6) is 0.332. The summed E-state index contributed by atoms with van der Waals surface area (Å²) in [4.78, 5) is 12.5. The van der Waals surface area contributed by atoms with Gasteiger partial charge in [0.15, 0.2) is 5.60 Å². The molecule has 1 aliphatic rings. The molecule has 6 nitrogen and oxygen atoms in total. The lowest BCUT2D eigenvalue weighted by Crippen LogP contribution is -2.42. The molecule has 0 bridgehead atoms. The van der Waals surface area contributed by atoms with Crippen LogP contribution < -0.4 is 10.1 Å². The Hall–Kier alpha value is -2.05. The highest BCUT2D eigenvalue weighted by Gasteiger charge is 2.30. The number of nitrogens with one attached hydrogen (secondary N) is 1. The van der Waals surface area contributed by atoms with Gasteiger partial charge < -0.3 is 14.8 Å². The molecule has 1 aliphatic heterocycles. The molecule has 1 fully saturated rings. The van der Waals surface area contributed by atoms with Gasteiger partial charge in [0, 0.05) is 17.8 Å². The molecule has 2 aromatic rings. The molecule has 2 heterocycles. The fourth-order valence-electron chi connectivity index (χ4n) is 2.46. The molecule has 1 N–H and O–H groups in total. The van der Waals surface area contributed by atoms with Crippen molar-refractivity contribution in [3.63, 3.8) is 0 Å². The third-order valence-electron chi connectivity index (χ3n) is 3.87. The zero-order valence-electron chi connectivity index (χ0n) is 13.7. The standard InChI is InChI=1S/C17H20ClN3O3/c1-17(2,24-15-5-3-12(18)4-6-15)16(22)20-13-9-19-21(10-13)14-7-8-23-11-14/h3-6,9-10,14H,7-8,11H2,1-2H3,(H,20,22)/t14-/m0/s1. The molecule has 0 aliphatic carbocycles. The van der Waals surface area contributed by atoms with E-state index in [0.29, 0.717) is 23.1 Å². The molecule has 1 atom stereocenters. The van der Waals surface area contributed by atoms with Crippen LogP contribution in [0, 0.1) is 0 Å². The number of rotatable bonds is 5. The number of amides is 1. The highest BCUT2D eigenvalue weighted by Crippen LogP contribution is 2.23. The molecule has 0 saturated carbocycles. The van der Waals surface area contributed by atoms with Crippen molar-refractivity contribution < 1.29 is 14.3 Å². The van der Waals surface area contributed by atoms with Gasteiger partial charge >= 0.3 is 0 Å². The molecular weight excluding hydrogens is 330 g/mol. The Balaban J connectivity index is 1.63. The van der Waals surface area contributed by atoms with Gasteiger partial charge in [-0.3, -0.25) is 9.48 Å². The maximum atomic E-state index is 12.5. The van der Waals surface area contributed by atoms with E-state index in [0.717, 1.165) is 13.0 Å². The largest absolute Gasteiger partial charge is 0.478 e. The summed E-state index contributed by atoms with van der Waals surface area (Å²) in [6.07, 6.45) is 4.38. The second-order valence-electron chi connectivity index (χ2n) is 6.25. The van der Waals surface area contributed by atoms with Crippen LogP contribution in [0.4, 0.5) is 5.69 Å². The number of hydrogen-bond donors (Lipinski definition) is 1. The lowest BCUT2D eigenvalue weighted by molar-refractivity contribution is -0.128. The molecule has 0 unspecified atom stereocenters. The Kier molecular flexibility index (Phi) is 4.78. The van der Waals surface area contributed by atoms with Gasteiger partial charge in [-0.1, -0.05) is 11.6 Å². The molecule has 1 aromatic heterocycles. The SMILES string of the molecule is CC(C)(Oc1ccc(Cl)cc1)C(=O)Nc1cnn([C@H]2CCOC2)c1. The summed E-state index contributed by atoms with van der Waals surface area (Å²) >= 11 is 5.86. The van der Waals surface area contributed by atoms with Crippen LogP contribution in [0.15, 0.2) is 36.7 Å². The number of hydrogen-bond acceptors (Lipinski definition) is 4. The van der Waals surface area contributed by atoms with Gasteiger partial charge in [0.05, 0.1) is 24.5 Å². The minimum atomic E-state index is -1.04. The molecular formula is C17H20ClN3O3. The normalized spacial score (nSPS) is 17.7. The topological polar surface area (TPSA) is 65.4 Å². The Morgan fingerprint density at radius 3 is 2.83 bits per heavy atom. The summed E-state index contributed by atoms with van der Waals surface area (Å²) in [5, 5.41) is 7.76. The van der Waals surface area contributed by atoms with E-state index < -0.39 is 5.60 Å². The molecule has 1 amide bonds. The molecule has 1 aromatic carbocycles. The Bertz CT molecular complexity index is 706. The van der Waals surface area contributed by atoms with Crippen LogP contribution in [0.3, 0.4) is 0 Å². The first-order valence-corrected chi connectivity index (χ1v) is 8.20. The minimum absolute atomic E-state index is 0.231. The first kappa shape index (κ1) is 16.8. The van der Waals surface area contributed by atoms with Crippen LogP contribution in [0.5, 0.6) is 5.75 Å². The van der Waals surface area contributed by atoms with Gasteiger partial charge in [0.2, 0.25) is 0 Å². The van der Waals surface area contributed by atoms with E-state index in [2.05, 4.69) is 10.4 Å². The maximum absolute atomic E-state index is 12.5. The number of ether oxygens (including phenoxy) is 2. The van der Waals surface area contributed by atoms with Crippen LogP contribution in [0.2, 0.25) is 5.02 Å². The molecule has 24 heavy (non-hydrogen) atoms. The quantitative estimate of drug-likeness (QED) is 0.899. The first-order valence-electron chi connectivity index (χ1n) is 7.82. The number of anilines is 1. The molecule has 0 spiro atoms. The van der Waals surface area contributed by atoms with E-state index in [1.54, 1.807) is 44.3 Å². The maximum Gasteiger partial charge on any atom is 0.268 e. The highest BCUT2D eigenvalue weighted by molar-refractivity contribution is 6.30. The lowest BCUT2D eigenvalue weighted by atomic mass is 10.1. The number of aromatic nitrogens is 2. The van der Waals surface area contributed by atoms with Gasteiger partial charge in [-0.05, 0) is 44.5 Å². The average Bonchev–Trinajstić information content (AvgIpc) is 3.20. The summed E-state index contributed by atoms with van der Waals surface area (Å²) < 4.78 is 13.0. The minimum Gasteiger partial charge on any atom is -0.478 e. The molecule has 0 radical (unpaired) electrons. The van der Waals surface area contributed by atoms with Crippen molar-refractivity contribution in [1.29, 1.82) is 0 Å². The van der Waals surface area contributed by atoms with E-state index in [4.69, 9.17) is 21.1 Å². The number of benzene rings is 1. The Morgan fingerprint density at radius 2 is 2.17 bits per heavy atom. The van der Waals surface area contributed by atoms with Crippen molar-refractivity contribution in [2.45, 2.75) is 31.9 Å². The van der Waals surface area contributed by atoms with Gasteiger partial charge in [0.25, 0.3) is 5.91 Å². The van der Waals surface area contributed by atoms with E-state index in [-0.39, 0.29) is 11.9 Å². The van der Waals surface area contributed by atoms with E-state index in [1.165, 1.54) is 0 Å². The monoisotopic (exact) mass is 349 g/mol. The third kappa shape index (κ3) is 3.88. The number of carbonyl (C=O) groups excluding carboxylic acids is 1. The first-order chi connectivity index (χ1) is 11.4. The Morgan fingerprint density at radius 1 is 1.42 bits per heavy atom. The van der Waals surface area contributed by atoms with Gasteiger partial charge in [0.1, 0.15) is 5.75 Å². The summed E-state index contributed by atoms with van der Waals surface area (Å²) in [5.41, 5.74) is -0.397. The molecule has 3 rings (SSSR count). The van der Waals surface area contributed by atoms with Gasteiger partial charge in [-0.15, -0.1) is 0 Å². The van der Waals surface area contributed by atoms with Crippen LogP contribution in [0.25, 0.3) is 0 Å². The number of halogens is 1. The van der Waals surface area contributed by atoms with Crippen LogP contribution in [0.1, 0.15) is 26.3 Å². The zero-order chi connectivity index (χ0) is 17.2. The predicted octanol–water partition coefficient (Wildman–Crippen LogP) is 3.29. The van der Waals surface area contributed by atoms with Crippen molar-refractivity contribution in [3.05, 3.63) is 41.7 Å². The molecule has 7 heteroatoms.